The third kappa shape index (κ3) is 3.43. The Labute approximate surface area is 157 Å². The van der Waals surface area contributed by atoms with Crippen molar-refractivity contribution in [3.63, 3.8) is 0 Å². The zero-order chi connectivity index (χ0) is 18.8. The van der Waals surface area contributed by atoms with Crippen LogP contribution >= 0.6 is 0 Å². The maximum Gasteiger partial charge on any atom is 0.212 e. The van der Waals surface area contributed by atoms with Crippen LogP contribution in [0.2, 0.25) is 0 Å². The first-order valence-electron chi connectivity index (χ1n) is 9.09. The minimum Gasteiger partial charge on any atom is -0.508 e. The molecule has 2 aromatic heterocycles. The number of hydrogen-bond donors (Lipinski definition) is 1. The molecule has 6 nitrogen and oxygen atoms in total. The van der Waals surface area contributed by atoms with E-state index in [0.29, 0.717) is 17.4 Å². The molecular weight excluding hydrogens is 342 g/mol. The Hall–Kier alpha value is -3.15. The first-order valence-corrected chi connectivity index (χ1v) is 9.09. The summed E-state index contributed by atoms with van der Waals surface area (Å²) in [6.07, 6.45) is 7.54. The third-order valence-electron chi connectivity index (χ3n) is 5.02. The van der Waals surface area contributed by atoms with Gasteiger partial charge in [0, 0.05) is 35.6 Å². The molecule has 0 radical (unpaired) electrons. The van der Waals surface area contributed by atoms with Crippen LogP contribution in [0.4, 0.5) is 0 Å². The highest BCUT2D eigenvalue weighted by molar-refractivity contribution is 5.96. The van der Waals surface area contributed by atoms with Gasteiger partial charge in [-0.25, -0.2) is 9.97 Å². The molecule has 27 heavy (non-hydrogen) atoms. The lowest BCUT2D eigenvalue weighted by atomic mass is 10.0. The fourth-order valence-corrected chi connectivity index (χ4v) is 3.54. The Bertz CT molecular complexity index is 940. The van der Waals surface area contributed by atoms with Gasteiger partial charge in [-0.3, -0.25) is 9.36 Å². The molecule has 1 aliphatic carbocycles. The monoisotopic (exact) mass is 363 g/mol. The number of carbonyl (C=O) groups is 1. The van der Waals surface area contributed by atoms with E-state index < -0.39 is 0 Å². The first kappa shape index (κ1) is 17.3. The van der Waals surface area contributed by atoms with Crippen LogP contribution in [0.1, 0.15) is 36.2 Å². The summed E-state index contributed by atoms with van der Waals surface area (Å²) in [7, 11) is 1.57. The lowest BCUT2D eigenvalue weighted by Crippen LogP contribution is -2.11. The molecule has 1 aliphatic rings. The number of imidazole rings is 1. The smallest absolute Gasteiger partial charge is 0.212 e. The van der Waals surface area contributed by atoms with Gasteiger partial charge in [0.15, 0.2) is 5.78 Å². The minimum absolute atomic E-state index is 0.0648. The molecule has 1 saturated carbocycles. The predicted molar refractivity (Wildman–Crippen MR) is 101 cm³/mol. The van der Waals surface area contributed by atoms with E-state index >= 15 is 0 Å². The van der Waals surface area contributed by atoms with Crippen molar-refractivity contribution in [3.8, 4) is 28.7 Å². The number of ether oxygens (including phenoxy) is 1. The highest BCUT2D eigenvalue weighted by Gasteiger charge is 2.27. The standard InChI is InChI=1S/C21H21N3O3/c1-27-19-11-6-15(12-22-19)21-23-18(20(26)14-4-2-3-5-14)13-24(21)16-7-9-17(25)10-8-16/h6-14,25H,2-5H2,1H3. The number of aromatic nitrogens is 3. The van der Waals surface area contributed by atoms with E-state index in [2.05, 4.69) is 9.97 Å². The van der Waals surface area contributed by atoms with Crippen LogP contribution < -0.4 is 4.74 Å². The van der Waals surface area contributed by atoms with Crippen LogP contribution in [0.3, 0.4) is 0 Å². The van der Waals surface area contributed by atoms with Crippen LogP contribution in [-0.4, -0.2) is 32.5 Å². The molecule has 138 valence electrons. The first-order chi connectivity index (χ1) is 13.2. The number of nitrogens with zero attached hydrogens (tertiary/aromatic N) is 3. The number of ketones is 1. The van der Waals surface area contributed by atoms with Gasteiger partial charge in [0.2, 0.25) is 5.88 Å². The van der Waals surface area contributed by atoms with Gasteiger partial charge in [0.05, 0.1) is 7.11 Å². The van der Waals surface area contributed by atoms with Crippen molar-refractivity contribution in [2.24, 2.45) is 5.92 Å². The Morgan fingerprint density at radius 3 is 2.52 bits per heavy atom. The fourth-order valence-electron chi connectivity index (χ4n) is 3.54. The van der Waals surface area contributed by atoms with Gasteiger partial charge in [-0.05, 0) is 43.2 Å². The van der Waals surface area contributed by atoms with Crippen molar-refractivity contribution in [1.82, 2.24) is 14.5 Å². The number of methoxy groups -OCH3 is 1. The average Bonchev–Trinajstić information content (AvgIpc) is 3.38. The van der Waals surface area contributed by atoms with Crippen molar-refractivity contribution in [2.75, 3.05) is 7.11 Å². The molecule has 0 saturated heterocycles. The van der Waals surface area contributed by atoms with E-state index in [1.165, 1.54) is 0 Å². The molecule has 1 aromatic carbocycles. The zero-order valence-corrected chi connectivity index (χ0v) is 15.1. The van der Waals surface area contributed by atoms with Gasteiger partial charge in [0.25, 0.3) is 0 Å². The number of pyridine rings is 1. The van der Waals surface area contributed by atoms with Crippen molar-refractivity contribution in [3.05, 3.63) is 54.5 Å². The molecule has 0 aliphatic heterocycles. The molecule has 1 N–H and O–H groups in total. The van der Waals surface area contributed by atoms with Crippen LogP contribution in [0, 0.1) is 5.92 Å². The average molecular weight is 363 g/mol. The lowest BCUT2D eigenvalue weighted by molar-refractivity contribution is 0.0918. The summed E-state index contributed by atoms with van der Waals surface area (Å²) in [6, 6.07) is 10.5. The molecule has 3 aromatic rings. The van der Waals surface area contributed by atoms with E-state index in [1.807, 2.05) is 10.6 Å². The third-order valence-corrected chi connectivity index (χ3v) is 5.02. The summed E-state index contributed by atoms with van der Waals surface area (Å²) in [5.41, 5.74) is 2.08. The molecule has 0 unspecified atom stereocenters. The Morgan fingerprint density at radius 1 is 1.15 bits per heavy atom. The summed E-state index contributed by atoms with van der Waals surface area (Å²) < 4.78 is 6.99. The Balaban J connectivity index is 1.78. The second-order valence-corrected chi connectivity index (χ2v) is 6.77. The highest BCUT2D eigenvalue weighted by Crippen LogP contribution is 2.30. The summed E-state index contributed by atoms with van der Waals surface area (Å²) in [6.45, 7) is 0. The number of phenols is 1. The molecule has 0 spiro atoms. The fraction of sp³-hybridized carbons (Fsp3) is 0.286. The van der Waals surface area contributed by atoms with Gasteiger partial charge >= 0.3 is 0 Å². The summed E-state index contributed by atoms with van der Waals surface area (Å²) in [5.74, 6) is 1.51. The number of benzene rings is 1. The van der Waals surface area contributed by atoms with Gasteiger partial charge in [-0.1, -0.05) is 12.8 Å². The molecule has 0 amide bonds. The van der Waals surface area contributed by atoms with Crippen molar-refractivity contribution < 1.29 is 14.6 Å². The van der Waals surface area contributed by atoms with Gasteiger partial charge in [-0.15, -0.1) is 0 Å². The van der Waals surface area contributed by atoms with E-state index in [1.54, 1.807) is 49.8 Å². The molecule has 4 rings (SSSR count). The summed E-state index contributed by atoms with van der Waals surface area (Å²) in [5, 5.41) is 9.58. The van der Waals surface area contributed by atoms with Crippen LogP contribution in [0.15, 0.2) is 48.8 Å². The van der Waals surface area contributed by atoms with E-state index in [-0.39, 0.29) is 17.5 Å². The largest absolute Gasteiger partial charge is 0.508 e. The molecule has 6 heteroatoms. The minimum atomic E-state index is 0.0648. The van der Waals surface area contributed by atoms with Crippen molar-refractivity contribution in [2.45, 2.75) is 25.7 Å². The normalized spacial score (nSPS) is 14.4. The number of Topliss-reactive ketones (excluding diaryl/α,β-unsaturated/α-hetero) is 1. The van der Waals surface area contributed by atoms with Gasteiger partial charge in [0.1, 0.15) is 17.3 Å². The number of phenolic OH excluding ortho intramolecular Hbond substituents is 1. The van der Waals surface area contributed by atoms with Gasteiger partial charge < -0.3 is 9.84 Å². The quantitative estimate of drug-likeness (QED) is 0.693. The molecule has 1 fully saturated rings. The highest BCUT2D eigenvalue weighted by atomic mass is 16.5. The SMILES string of the molecule is COc1ccc(-c2nc(C(=O)C3CCCC3)cn2-c2ccc(O)cc2)cn1. The summed E-state index contributed by atoms with van der Waals surface area (Å²) >= 11 is 0. The number of rotatable bonds is 5. The van der Waals surface area contributed by atoms with Crippen molar-refractivity contribution in [1.29, 1.82) is 0 Å². The molecular formula is C21H21N3O3. The maximum absolute atomic E-state index is 12.9. The lowest BCUT2D eigenvalue weighted by Gasteiger charge is -2.08. The second-order valence-electron chi connectivity index (χ2n) is 6.77. The van der Waals surface area contributed by atoms with Crippen molar-refractivity contribution >= 4 is 5.78 Å². The van der Waals surface area contributed by atoms with Crippen LogP contribution in [0.25, 0.3) is 17.1 Å². The molecule has 0 bridgehead atoms. The Morgan fingerprint density at radius 2 is 1.89 bits per heavy atom. The van der Waals surface area contributed by atoms with E-state index in [9.17, 15) is 9.90 Å². The number of aromatic hydroxyl groups is 1. The number of hydrogen-bond acceptors (Lipinski definition) is 5. The maximum atomic E-state index is 12.9. The Kier molecular flexibility index (Phi) is 4.62. The van der Waals surface area contributed by atoms with Crippen LogP contribution in [0.5, 0.6) is 11.6 Å². The van der Waals surface area contributed by atoms with Gasteiger partial charge in [-0.2, -0.15) is 0 Å². The molecule has 0 atom stereocenters. The predicted octanol–water partition coefficient (Wildman–Crippen LogP) is 4.02. The molecule has 2 heterocycles. The zero-order valence-electron chi connectivity index (χ0n) is 15.1. The summed E-state index contributed by atoms with van der Waals surface area (Å²) in [4.78, 5) is 21.8. The second kappa shape index (κ2) is 7.23. The van der Waals surface area contributed by atoms with Crippen LogP contribution in [-0.2, 0) is 0 Å². The number of carbonyl (C=O) groups excluding carboxylic acids is 1. The van der Waals surface area contributed by atoms with E-state index in [4.69, 9.17) is 4.74 Å². The van der Waals surface area contributed by atoms with E-state index in [0.717, 1.165) is 36.9 Å². The topological polar surface area (TPSA) is 77.2 Å².